The first-order valence-corrected chi connectivity index (χ1v) is 11.3. The quantitative estimate of drug-likeness (QED) is 0.387. The highest BCUT2D eigenvalue weighted by Gasteiger charge is 2.33. The lowest BCUT2D eigenvalue weighted by atomic mass is 9.84. The van der Waals surface area contributed by atoms with E-state index in [0.29, 0.717) is 24.4 Å². The molecule has 0 atom stereocenters. The van der Waals surface area contributed by atoms with E-state index in [-0.39, 0.29) is 42.5 Å². The summed E-state index contributed by atoms with van der Waals surface area (Å²) in [5, 5.41) is 15.3. The van der Waals surface area contributed by atoms with Gasteiger partial charge < -0.3 is 15.3 Å². The zero-order valence-electron chi connectivity index (χ0n) is 18.6. The summed E-state index contributed by atoms with van der Waals surface area (Å²) in [6, 6.07) is 20.0. The lowest BCUT2D eigenvalue weighted by Crippen LogP contribution is -2.45. The smallest absolute Gasteiger partial charge is 0.123 e. The zero-order chi connectivity index (χ0) is 22.6. The van der Waals surface area contributed by atoms with Crippen molar-refractivity contribution < 1.29 is 13.9 Å². The van der Waals surface area contributed by atoms with E-state index in [1.807, 2.05) is 24.3 Å². The van der Waals surface area contributed by atoms with Crippen molar-refractivity contribution in [3.8, 4) is 0 Å². The van der Waals surface area contributed by atoms with E-state index < -0.39 is 5.60 Å². The van der Waals surface area contributed by atoms with Crippen LogP contribution >= 0.6 is 36.4 Å². The van der Waals surface area contributed by atoms with E-state index in [4.69, 9.17) is 11.6 Å². The second kappa shape index (κ2) is 12.8. The number of halogens is 5. The molecule has 8 heteroatoms. The number of nitrogens with one attached hydrogen (secondary N) is 1. The molecule has 4 rings (SSSR count). The van der Waals surface area contributed by atoms with E-state index in [1.165, 1.54) is 24.3 Å². The Balaban J connectivity index is 0.00000204. The Kier molecular flexibility index (Phi) is 10.8. The Hall–Kier alpha value is -1.73. The number of hydrogen-bond acceptors (Lipinski definition) is 3. The third-order valence-electron chi connectivity index (χ3n) is 6.25. The molecule has 0 radical (unpaired) electrons. The van der Waals surface area contributed by atoms with Crippen LogP contribution in [-0.4, -0.2) is 36.2 Å². The van der Waals surface area contributed by atoms with Gasteiger partial charge >= 0.3 is 0 Å². The molecule has 3 nitrogen and oxygen atoms in total. The van der Waals surface area contributed by atoms with Gasteiger partial charge in [-0.1, -0.05) is 48.0 Å². The van der Waals surface area contributed by atoms with Crippen LogP contribution in [0.4, 0.5) is 8.78 Å². The van der Waals surface area contributed by atoms with Crippen molar-refractivity contribution in [3.63, 3.8) is 0 Å². The third-order valence-corrected chi connectivity index (χ3v) is 6.50. The van der Waals surface area contributed by atoms with Crippen molar-refractivity contribution in [1.29, 1.82) is 0 Å². The molecule has 0 spiro atoms. The van der Waals surface area contributed by atoms with E-state index in [1.54, 1.807) is 24.3 Å². The normalized spacial score (nSPS) is 15.4. The molecule has 3 aromatic carbocycles. The number of benzene rings is 3. The average Bonchev–Trinajstić information content (AvgIpc) is 2.80. The second-order valence-corrected chi connectivity index (χ2v) is 8.81. The molecule has 0 bridgehead atoms. The van der Waals surface area contributed by atoms with Crippen LogP contribution in [0.3, 0.4) is 0 Å². The van der Waals surface area contributed by atoms with E-state index in [9.17, 15) is 13.9 Å². The topological polar surface area (TPSA) is 35.5 Å². The van der Waals surface area contributed by atoms with Gasteiger partial charge in [0.25, 0.3) is 0 Å². The molecule has 1 heterocycles. The minimum atomic E-state index is -0.820. The Bertz CT molecular complexity index is 964. The molecular formula is C26H29Cl3F2N2O. The fourth-order valence-electron chi connectivity index (χ4n) is 4.30. The minimum absolute atomic E-state index is 0. The highest BCUT2D eigenvalue weighted by Crippen LogP contribution is 2.33. The van der Waals surface area contributed by atoms with Crippen LogP contribution in [0.25, 0.3) is 0 Å². The van der Waals surface area contributed by atoms with Crippen LogP contribution in [0, 0.1) is 11.6 Å². The fraction of sp³-hybridized carbons (Fsp3) is 0.308. The summed E-state index contributed by atoms with van der Waals surface area (Å²) in [6.07, 6.45) is 1.32. The third kappa shape index (κ3) is 7.14. The lowest BCUT2D eigenvalue weighted by Gasteiger charge is -2.38. The summed E-state index contributed by atoms with van der Waals surface area (Å²) in [5.41, 5.74) is 1.94. The van der Waals surface area contributed by atoms with Gasteiger partial charge in [-0.2, -0.15) is 0 Å². The molecule has 0 saturated carbocycles. The van der Waals surface area contributed by atoms with Gasteiger partial charge in [0.2, 0.25) is 0 Å². The minimum Gasteiger partial charge on any atom is -0.385 e. The van der Waals surface area contributed by atoms with Crippen LogP contribution in [0.15, 0.2) is 72.8 Å². The van der Waals surface area contributed by atoms with Crippen LogP contribution in [0.5, 0.6) is 0 Å². The molecule has 1 aliphatic rings. The first kappa shape index (κ1) is 28.5. The van der Waals surface area contributed by atoms with Gasteiger partial charge in [-0.15, -0.1) is 24.8 Å². The summed E-state index contributed by atoms with van der Waals surface area (Å²) < 4.78 is 26.8. The predicted molar refractivity (Wildman–Crippen MR) is 138 cm³/mol. The molecule has 3 aromatic rings. The molecule has 1 saturated heterocycles. The molecule has 34 heavy (non-hydrogen) atoms. The van der Waals surface area contributed by atoms with E-state index in [0.717, 1.165) is 36.3 Å². The number of piperidine rings is 1. The van der Waals surface area contributed by atoms with Gasteiger partial charge in [0.05, 0.1) is 11.6 Å². The maximum atomic E-state index is 13.4. The second-order valence-electron chi connectivity index (χ2n) is 8.37. The summed E-state index contributed by atoms with van der Waals surface area (Å²) in [4.78, 5) is 2.32. The first-order chi connectivity index (χ1) is 15.4. The van der Waals surface area contributed by atoms with E-state index in [2.05, 4.69) is 10.2 Å². The standard InChI is InChI=1S/C26H27ClF2N2O.2ClH/c27-22-7-5-21(6-8-22)26(32)13-16-31(17-14-26)18-15-30-25(19-1-9-23(28)10-2-19)20-3-11-24(29)12-4-20;;/h1-12,25,30,32H,13-18H2;2*1H. The summed E-state index contributed by atoms with van der Waals surface area (Å²) in [5.74, 6) is -0.568. The molecule has 2 N–H and O–H groups in total. The van der Waals surface area contributed by atoms with Crippen LogP contribution in [0.2, 0.25) is 5.02 Å². The van der Waals surface area contributed by atoms with Crippen LogP contribution in [-0.2, 0) is 5.60 Å². The molecule has 1 aliphatic heterocycles. The molecule has 0 unspecified atom stereocenters. The van der Waals surface area contributed by atoms with Crippen molar-refractivity contribution in [2.75, 3.05) is 26.2 Å². The zero-order valence-corrected chi connectivity index (χ0v) is 21.0. The number of nitrogens with zero attached hydrogens (tertiary/aromatic N) is 1. The molecular weight excluding hydrogens is 501 g/mol. The summed E-state index contributed by atoms with van der Waals surface area (Å²) in [6.45, 7) is 3.10. The first-order valence-electron chi connectivity index (χ1n) is 10.9. The average molecular weight is 530 g/mol. The maximum absolute atomic E-state index is 13.4. The molecule has 0 aromatic heterocycles. The Morgan fingerprint density at radius 2 is 1.29 bits per heavy atom. The summed E-state index contributed by atoms with van der Waals surface area (Å²) in [7, 11) is 0. The molecule has 1 fully saturated rings. The molecule has 0 amide bonds. The van der Waals surface area contributed by atoms with Crippen LogP contribution < -0.4 is 5.32 Å². The highest BCUT2D eigenvalue weighted by molar-refractivity contribution is 6.30. The maximum Gasteiger partial charge on any atom is 0.123 e. The summed E-state index contributed by atoms with van der Waals surface area (Å²) >= 11 is 5.97. The number of rotatable bonds is 7. The van der Waals surface area contributed by atoms with Gasteiger partial charge in [-0.05, 0) is 65.9 Å². The largest absolute Gasteiger partial charge is 0.385 e. The van der Waals surface area contributed by atoms with Crippen molar-refractivity contribution in [2.45, 2.75) is 24.5 Å². The van der Waals surface area contributed by atoms with Crippen molar-refractivity contribution in [3.05, 3.63) is 106 Å². The highest BCUT2D eigenvalue weighted by atomic mass is 35.5. The van der Waals surface area contributed by atoms with Crippen LogP contribution in [0.1, 0.15) is 35.6 Å². The van der Waals surface area contributed by atoms with Gasteiger partial charge in [0, 0.05) is 31.2 Å². The van der Waals surface area contributed by atoms with E-state index >= 15 is 0 Å². The predicted octanol–water partition coefficient (Wildman–Crippen LogP) is 6.12. The van der Waals surface area contributed by atoms with Gasteiger partial charge in [-0.3, -0.25) is 0 Å². The Morgan fingerprint density at radius 3 is 1.76 bits per heavy atom. The number of hydrogen-bond donors (Lipinski definition) is 2. The monoisotopic (exact) mass is 528 g/mol. The number of aliphatic hydroxyl groups is 1. The Morgan fingerprint density at radius 1 is 0.824 bits per heavy atom. The van der Waals surface area contributed by atoms with Crippen molar-refractivity contribution >= 4 is 36.4 Å². The van der Waals surface area contributed by atoms with Crippen molar-refractivity contribution in [1.82, 2.24) is 10.2 Å². The van der Waals surface area contributed by atoms with Gasteiger partial charge in [0.15, 0.2) is 0 Å². The van der Waals surface area contributed by atoms with Gasteiger partial charge in [-0.25, -0.2) is 8.78 Å². The fourth-order valence-corrected chi connectivity index (χ4v) is 4.43. The SMILES string of the molecule is Cl.Cl.OC1(c2ccc(Cl)cc2)CCN(CCNC(c2ccc(F)cc2)c2ccc(F)cc2)CC1. The number of likely N-dealkylation sites (tertiary alicyclic amines) is 1. The molecule has 184 valence electrons. The Labute approximate surface area is 217 Å². The van der Waals surface area contributed by atoms with Crippen molar-refractivity contribution in [2.24, 2.45) is 0 Å². The molecule has 0 aliphatic carbocycles. The van der Waals surface area contributed by atoms with Gasteiger partial charge in [0.1, 0.15) is 11.6 Å². The lowest BCUT2D eigenvalue weighted by molar-refractivity contribution is -0.0256.